The molecule has 0 amide bonds. The highest BCUT2D eigenvalue weighted by Gasteiger charge is 2.20. The maximum atomic E-state index is 4.61. The number of hydrogen-bond donors (Lipinski definition) is 1. The third-order valence-electron chi connectivity index (χ3n) is 3.12. The zero-order valence-corrected chi connectivity index (χ0v) is 12.4. The summed E-state index contributed by atoms with van der Waals surface area (Å²) in [5.74, 6) is 0.880. The molecule has 0 radical (unpaired) electrons. The Morgan fingerprint density at radius 1 is 1.44 bits per heavy atom. The lowest BCUT2D eigenvalue weighted by Crippen LogP contribution is -2.16. The van der Waals surface area contributed by atoms with E-state index in [9.17, 15) is 0 Å². The summed E-state index contributed by atoms with van der Waals surface area (Å²) in [5.41, 5.74) is 2.35. The first kappa shape index (κ1) is 12.1. The minimum absolute atomic E-state index is 0.733. The fraction of sp³-hybridized carbons (Fsp3) is 0.385. The summed E-state index contributed by atoms with van der Waals surface area (Å²) in [6.45, 7) is 2.97. The van der Waals surface area contributed by atoms with Crippen molar-refractivity contribution in [2.24, 2.45) is 0 Å². The molecule has 0 spiro atoms. The standard InChI is InChI=1S/C13H15IN4/c1-9-10(6-15-12-3-4-12)2-5-13(17-9)18-8-11(14)7-16-18/h2,5,7-8,12,15H,3-4,6H2,1H3. The third-order valence-corrected chi connectivity index (χ3v) is 3.68. The van der Waals surface area contributed by atoms with E-state index >= 15 is 0 Å². The first-order valence-electron chi connectivity index (χ1n) is 6.13. The van der Waals surface area contributed by atoms with E-state index in [1.165, 1.54) is 18.4 Å². The molecule has 0 unspecified atom stereocenters. The van der Waals surface area contributed by atoms with Crippen molar-refractivity contribution < 1.29 is 0 Å². The van der Waals surface area contributed by atoms with Crippen LogP contribution in [0.1, 0.15) is 24.1 Å². The smallest absolute Gasteiger partial charge is 0.153 e. The summed E-state index contributed by atoms with van der Waals surface area (Å²) in [6.07, 6.45) is 6.44. The first-order valence-corrected chi connectivity index (χ1v) is 7.21. The molecule has 1 saturated carbocycles. The van der Waals surface area contributed by atoms with Crippen LogP contribution in [0.4, 0.5) is 0 Å². The average Bonchev–Trinajstić information content (AvgIpc) is 3.08. The number of halogens is 1. The van der Waals surface area contributed by atoms with Crippen LogP contribution >= 0.6 is 22.6 Å². The number of rotatable bonds is 4. The molecule has 0 atom stereocenters. The molecular weight excluding hydrogens is 339 g/mol. The van der Waals surface area contributed by atoms with Gasteiger partial charge in [0.2, 0.25) is 0 Å². The van der Waals surface area contributed by atoms with Crippen molar-refractivity contribution in [1.29, 1.82) is 0 Å². The van der Waals surface area contributed by atoms with Crippen molar-refractivity contribution in [3.05, 3.63) is 39.4 Å². The van der Waals surface area contributed by atoms with Gasteiger partial charge in [0.25, 0.3) is 0 Å². The van der Waals surface area contributed by atoms with E-state index in [1.807, 2.05) is 23.1 Å². The van der Waals surface area contributed by atoms with Gasteiger partial charge in [-0.1, -0.05) is 6.07 Å². The van der Waals surface area contributed by atoms with Gasteiger partial charge in [0.05, 0.1) is 9.77 Å². The number of hydrogen-bond acceptors (Lipinski definition) is 3. The van der Waals surface area contributed by atoms with E-state index in [2.05, 4.69) is 51.0 Å². The number of aryl methyl sites for hydroxylation is 1. The van der Waals surface area contributed by atoms with Crippen LogP contribution < -0.4 is 5.32 Å². The molecule has 0 aromatic carbocycles. The number of nitrogens with one attached hydrogen (secondary N) is 1. The molecule has 3 rings (SSSR count). The van der Waals surface area contributed by atoms with Gasteiger partial charge >= 0.3 is 0 Å². The van der Waals surface area contributed by atoms with Crippen LogP contribution in [0.2, 0.25) is 0 Å². The minimum Gasteiger partial charge on any atom is -0.310 e. The molecule has 18 heavy (non-hydrogen) atoms. The van der Waals surface area contributed by atoms with Crippen molar-refractivity contribution in [2.45, 2.75) is 32.4 Å². The van der Waals surface area contributed by atoms with Crippen molar-refractivity contribution in [2.75, 3.05) is 0 Å². The van der Waals surface area contributed by atoms with Gasteiger partial charge in [0.15, 0.2) is 5.82 Å². The quantitative estimate of drug-likeness (QED) is 0.858. The Kier molecular flexibility index (Phi) is 3.34. The Morgan fingerprint density at radius 2 is 2.28 bits per heavy atom. The van der Waals surface area contributed by atoms with Crippen LogP contribution in [-0.2, 0) is 6.54 Å². The lowest BCUT2D eigenvalue weighted by molar-refractivity contribution is 0.681. The molecule has 5 heteroatoms. The van der Waals surface area contributed by atoms with E-state index in [1.54, 1.807) is 0 Å². The highest BCUT2D eigenvalue weighted by Crippen LogP contribution is 2.20. The lowest BCUT2D eigenvalue weighted by Gasteiger charge is -2.08. The second-order valence-electron chi connectivity index (χ2n) is 4.67. The van der Waals surface area contributed by atoms with Crippen molar-refractivity contribution in [3.8, 4) is 5.82 Å². The van der Waals surface area contributed by atoms with Gasteiger partial charge in [-0.3, -0.25) is 0 Å². The fourth-order valence-corrected chi connectivity index (χ4v) is 2.25. The zero-order chi connectivity index (χ0) is 12.5. The summed E-state index contributed by atoms with van der Waals surface area (Å²) < 4.78 is 2.93. The van der Waals surface area contributed by atoms with Gasteiger partial charge < -0.3 is 5.32 Å². The SMILES string of the molecule is Cc1nc(-n2cc(I)cn2)ccc1CNC1CC1. The zero-order valence-electron chi connectivity index (χ0n) is 10.2. The molecule has 94 valence electrons. The van der Waals surface area contributed by atoms with Crippen molar-refractivity contribution >= 4 is 22.6 Å². The van der Waals surface area contributed by atoms with E-state index in [-0.39, 0.29) is 0 Å². The second kappa shape index (κ2) is 4.97. The molecule has 0 aliphatic heterocycles. The highest BCUT2D eigenvalue weighted by molar-refractivity contribution is 14.1. The van der Waals surface area contributed by atoms with Crippen LogP contribution in [0.5, 0.6) is 0 Å². The molecule has 2 heterocycles. The summed E-state index contributed by atoms with van der Waals surface area (Å²) in [6, 6.07) is 4.90. The highest BCUT2D eigenvalue weighted by atomic mass is 127. The normalized spacial score (nSPS) is 15.0. The van der Waals surface area contributed by atoms with E-state index < -0.39 is 0 Å². The van der Waals surface area contributed by atoms with Crippen LogP contribution in [0.15, 0.2) is 24.5 Å². The topological polar surface area (TPSA) is 42.7 Å². The van der Waals surface area contributed by atoms with E-state index in [4.69, 9.17) is 0 Å². The van der Waals surface area contributed by atoms with Crippen LogP contribution in [0, 0.1) is 10.5 Å². The Balaban J connectivity index is 1.79. The largest absolute Gasteiger partial charge is 0.310 e. The van der Waals surface area contributed by atoms with E-state index in [0.717, 1.165) is 27.7 Å². The van der Waals surface area contributed by atoms with Gasteiger partial charge in [0, 0.05) is 24.5 Å². The summed E-state index contributed by atoms with van der Waals surface area (Å²) in [4.78, 5) is 4.61. The van der Waals surface area contributed by atoms with Gasteiger partial charge in [-0.15, -0.1) is 0 Å². The predicted octanol–water partition coefficient (Wildman–Crippen LogP) is 2.43. The third kappa shape index (κ3) is 2.72. The van der Waals surface area contributed by atoms with Crippen molar-refractivity contribution in [3.63, 3.8) is 0 Å². The molecule has 4 nitrogen and oxygen atoms in total. The molecule has 0 saturated heterocycles. The Morgan fingerprint density at radius 3 is 2.89 bits per heavy atom. The Bertz CT molecular complexity index is 560. The second-order valence-corrected chi connectivity index (χ2v) is 5.92. The number of aromatic nitrogens is 3. The summed E-state index contributed by atoms with van der Waals surface area (Å²) in [5, 5.41) is 7.79. The van der Waals surface area contributed by atoms with Crippen LogP contribution in [0.25, 0.3) is 5.82 Å². The maximum absolute atomic E-state index is 4.61. The molecule has 1 N–H and O–H groups in total. The minimum atomic E-state index is 0.733. The maximum Gasteiger partial charge on any atom is 0.153 e. The van der Waals surface area contributed by atoms with Gasteiger partial charge in [-0.25, -0.2) is 9.67 Å². The molecule has 0 bridgehead atoms. The number of pyridine rings is 1. The Labute approximate surface area is 120 Å². The Hall–Kier alpha value is -0.950. The summed E-state index contributed by atoms with van der Waals surface area (Å²) in [7, 11) is 0. The fourth-order valence-electron chi connectivity index (χ4n) is 1.86. The molecule has 1 fully saturated rings. The monoisotopic (exact) mass is 354 g/mol. The van der Waals surface area contributed by atoms with E-state index in [0.29, 0.717) is 0 Å². The van der Waals surface area contributed by atoms with Gasteiger partial charge in [-0.2, -0.15) is 5.10 Å². The molecule has 1 aliphatic rings. The molecule has 1 aliphatic carbocycles. The predicted molar refractivity (Wildman–Crippen MR) is 78.7 cm³/mol. The summed E-state index contributed by atoms with van der Waals surface area (Å²) >= 11 is 2.25. The van der Waals surface area contributed by atoms with Crippen LogP contribution in [-0.4, -0.2) is 20.8 Å². The average molecular weight is 354 g/mol. The number of nitrogens with zero attached hydrogens (tertiary/aromatic N) is 3. The van der Waals surface area contributed by atoms with Gasteiger partial charge in [0.1, 0.15) is 0 Å². The molecule has 2 aromatic heterocycles. The van der Waals surface area contributed by atoms with Crippen molar-refractivity contribution in [1.82, 2.24) is 20.1 Å². The first-order chi connectivity index (χ1) is 8.72. The van der Waals surface area contributed by atoms with Crippen LogP contribution in [0.3, 0.4) is 0 Å². The molecule has 2 aromatic rings. The van der Waals surface area contributed by atoms with Gasteiger partial charge in [-0.05, 0) is 54.0 Å². The molecular formula is C13H15IN4. The lowest BCUT2D eigenvalue weighted by atomic mass is 10.2.